The summed E-state index contributed by atoms with van der Waals surface area (Å²) in [5, 5.41) is 18.8. The highest BCUT2D eigenvalue weighted by atomic mass is 16.6. The van der Waals surface area contributed by atoms with Gasteiger partial charge in [0.15, 0.2) is 0 Å². The molecule has 0 aliphatic carbocycles. The van der Waals surface area contributed by atoms with Crippen LogP contribution in [0.15, 0.2) is 18.2 Å². The largest absolute Gasteiger partial charge is 0.312 e. The van der Waals surface area contributed by atoms with Gasteiger partial charge in [0.1, 0.15) is 0 Å². The second-order valence-electron chi connectivity index (χ2n) is 5.08. The number of nitrogens with zero attached hydrogens (tertiary/aromatic N) is 3. The van der Waals surface area contributed by atoms with E-state index >= 15 is 0 Å². The molecule has 6 nitrogen and oxygen atoms in total. The van der Waals surface area contributed by atoms with Crippen LogP contribution in [0.4, 0.5) is 5.69 Å². The molecule has 0 atom stereocenters. The zero-order valence-electron chi connectivity index (χ0n) is 11.5. The van der Waals surface area contributed by atoms with Crippen LogP contribution in [0.5, 0.6) is 0 Å². The van der Waals surface area contributed by atoms with E-state index in [1.165, 1.54) is 11.3 Å². The molecule has 20 heavy (non-hydrogen) atoms. The van der Waals surface area contributed by atoms with Gasteiger partial charge in [0.05, 0.1) is 10.6 Å². The predicted molar refractivity (Wildman–Crippen MR) is 75.4 cm³/mol. The maximum atomic E-state index is 10.9. The van der Waals surface area contributed by atoms with Crippen LogP contribution in [0.2, 0.25) is 0 Å². The molecule has 0 bridgehead atoms. The van der Waals surface area contributed by atoms with E-state index < -0.39 is 0 Å². The van der Waals surface area contributed by atoms with Gasteiger partial charge in [-0.15, -0.1) is 0 Å². The summed E-state index contributed by atoms with van der Waals surface area (Å²) in [6.45, 7) is 3.52. The number of aryl methyl sites for hydroxylation is 2. The topological polar surface area (TPSA) is 73.0 Å². The molecule has 1 N–H and O–H groups in total. The Labute approximate surface area is 116 Å². The summed E-state index contributed by atoms with van der Waals surface area (Å²) in [5.41, 5.74) is 5.12. The molecule has 0 fully saturated rings. The van der Waals surface area contributed by atoms with Crippen LogP contribution in [0.1, 0.15) is 16.8 Å². The fourth-order valence-corrected chi connectivity index (χ4v) is 2.76. The molecule has 1 aromatic heterocycles. The average Bonchev–Trinajstić information content (AvgIpc) is 2.76. The van der Waals surface area contributed by atoms with E-state index in [0.717, 1.165) is 30.8 Å². The minimum absolute atomic E-state index is 0.150. The van der Waals surface area contributed by atoms with Gasteiger partial charge >= 0.3 is 0 Å². The third-order valence-electron chi connectivity index (χ3n) is 3.78. The van der Waals surface area contributed by atoms with Crippen molar-refractivity contribution in [1.29, 1.82) is 0 Å². The highest BCUT2D eigenvalue weighted by Crippen LogP contribution is 2.30. The molecule has 2 aromatic rings. The number of nitro benzene ring substituents is 1. The molecule has 0 unspecified atom stereocenters. The smallest absolute Gasteiger partial charge is 0.272 e. The number of hydrogen-bond donors (Lipinski definition) is 1. The van der Waals surface area contributed by atoms with E-state index in [1.807, 2.05) is 17.8 Å². The van der Waals surface area contributed by atoms with Crippen molar-refractivity contribution in [3.63, 3.8) is 0 Å². The average molecular weight is 272 g/mol. The maximum Gasteiger partial charge on any atom is 0.272 e. The first-order valence-electron chi connectivity index (χ1n) is 6.59. The Morgan fingerprint density at radius 2 is 2.25 bits per heavy atom. The second-order valence-corrected chi connectivity index (χ2v) is 5.08. The van der Waals surface area contributed by atoms with E-state index in [2.05, 4.69) is 10.4 Å². The minimum Gasteiger partial charge on any atom is -0.312 e. The number of hydrogen-bond acceptors (Lipinski definition) is 4. The first-order chi connectivity index (χ1) is 9.58. The van der Waals surface area contributed by atoms with Crippen molar-refractivity contribution in [3.05, 3.63) is 45.1 Å². The summed E-state index contributed by atoms with van der Waals surface area (Å²) in [5.74, 6) is 0. The van der Waals surface area contributed by atoms with Gasteiger partial charge < -0.3 is 5.32 Å². The number of nitrogens with one attached hydrogen (secondary N) is 1. The van der Waals surface area contributed by atoms with Crippen molar-refractivity contribution in [3.8, 4) is 11.3 Å². The van der Waals surface area contributed by atoms with Gasteiger partial charge in [-0.1, -0.05) is 0 Å². The molecule has 1 aromatic carbocycles. The quantitative estimate of drug-likeness (QED) is 0.670. The van der Waals surface area contributed by atoms with Crippen molar-refractivity contribution in [2.75, 3.05) is 6.54 Å². The lowest BCUT2D eigenvalue weighted by molar-refractivity contribution is -0.385. The molecule has 0 saturated carbocycles. The van der Waals surface area contributed by atoms with Crippen LogP contribution in [0, 0.1) is 17.0 Å². The van der Waals surface area contributed by atoms with Crippen LogP contribution in [0.3, 0.4) is 0 Å². The zero-order valence-corrected chi connectivity index (χ0v) is 11.5. The van der Waals surface area contributed by atoms with E-state index in [9.17, 15) is 10.1 Å². The lowest BCUT2D eigenvalue weighted by Gasteiger charge is -2.14. The summed E-state index contributed by atoms with van der Waals surface area (Å²) in [7, 11) is 1.95. The Morgan fingerprint density at radius 3 is 2.95 bits per heavy atom. The van der Waals surface area contributed by atoms with Gasteiger partial charge in [0.25, 0.3) is 5.69 Å². The molecular weight excluding hydrogens is 256 g/mol. The number of nitro groups is 1. The van der Waals surface area contributed by atoms with Crippen molar-refractivity contribution < 1.29 is 4.92 Å². The fourth-order valence-electron chi connectivity index (χ4n) is 2.76. The molecule has 0 amide bonds. The molecule has 2 heterocycles. The van der Waals surface area contributed by atoms with Crippen LogP contribution in [-0.4, -0.2) is 21.2 Å². The van der Waals surface area contributed by atoms with Crippen LogP contribution in [-0.2, 0) is 20.0 Å². The normalized spacial score (nSPS) is 14.1. The molecule has 1 aliphatic rings. The summed E-state index contributed by atoms with van der Waals surface area (Å²) in [6, 6.07) is 5.18. The molecule has 3 rings (SSSR count). The Hall–Kier alpha value is -2.21. The summed E-state index contributed by atoms with van der Waals surface area (Å²) in [4.78, 5) is 10.5. The van der Waals surface area contributed by atoms with Crippen molar-refractivity contribution >= 4 is 5.69 Å². The highest BCUT2D eigenvalue weighted by molar-refractivity contribution is 5.67. The van der Waals surface area contributed by atoms with Gasteiger partial charge in [-0.05, 0) is 19.1 Å². The number of benzene rings is 1. The van der Waals surface area contributed by atoms with Gasteiger partial charge in [-0.3, -0.25) is 14.8 Å². The Bertz CT molecular complexity index is 691. The SMILES string of the molecule is Cc1cc(-c2nn(C)c3c2CNCC3)ccc1[N+](=O)[O-]. The van der Waals surface area contributed by atoms with Crippen LogP contribution >= 0.6 is 0 Å². The van der Waals surface area contributed by atoms with E-state index in [4.69, 9.17) is 0 Å². The Morgan fingerprint density at radius 1 is 1.45 bits per heavy atom. The van der Waals surface area contributed by atoms with E-state index in [1.54, 1.807) is 19.1 Å². The minimum atomic E-state index is -0.353. The van der Waals surface area contributed by atoms with Crippen LogP contribution < -0.4 is 5.32 Å². The molecule has 1 aliphatic heterocycles. The first kappa shape index (κ1) is 12.8. The molecule has 0 radical (unpaired) electrons. The lowest BCUT2D eigenvalue weighted by Crippen LogP contribution is -2.24. The molecule has 6 heteroatoms. The Kier molecular flexibility index (Phi) is 3.02. The third-order valence-corrected chi connectivity index (χ3v) is 3.78. The molecule has 0 spiro atoms. The summed E-state index contributed by atoms with van der Waals surface area (Å²) < 4.78 is 1.92. The lowest BCUT2D eigenvalue weighted by atomic mass is 10.0. The molecule has 0 saturated heterocycles. The van der Waals surface area contributed by atoms with Crippen molar-refractivity contribution in [1.82, 2.24) is 15.1 Å². The van der Waals surface area contributed by atoms with Crippen LogP contribution in [0.25, 0.3) is 11.3 Å². The highest BCUT2D eigenvalue weighted by Gasteiger charge is 2.21. The molecule has 104 valence electrons. The Balaban J connectivity index is 2.10. The van der Waals surface area contributed by atoms with Gasteiger partial charge in [0, 0.05) is 55.0 Å². The zero-order chi connectivity index (χ0) is 14.3. The number of aromatic nitrogens is 2. The van der Waals surface area contributed by atoms with Crippen molar-refractivity contribution in [2.45, 2.75) is 19.9 Å². The second kappa shape index (κ2) is 4.72. The first-order valence-corrected chi connectivity index (χ1v) is 6.59. The molecular formula is C14H16N4O2. The number of fused-ring (bicyclic) bond motifs is 1. The van der Waals surface area contributed by atoms with E-state index in [-0.39, 0.29) is 10.6 Å². The number of rotatable bonds is 2. The summed E-state index contributed by atoms with van der Waals surface area (Å²) >= 11 is 0. The van der Waals surface area contributed by atoms with Gasteiger partial charge in [-0.25, -0.2) is 0 Å². The predicted octanol–water partition coefficient (Wildman–Crippen LogP) is 1.95. The standard InChI is InChI=1S/C14H16N4O2/c1-9-7-10(3-4-12(9)18(19)20)14-11-8-15-6-5-13(11)17(2)16-14/h3-4,7,15H,5-6,8H2,1-2H3. The fraction of sp³-hybridized carbons (Fsp3) is 0.357. The van der Waals surface area contributed by atoms with Gasteiger partial charge in [-0.2, -0.15) is 5.10 Å². The van der Waals surface area contributed by atoms with Crippen molar-refractivity contribution in [2.24, 2.45) is 7.05 Å². The van der Waals surface area contributed by atoms with Gasteiger partial charge in [0.2, 0.25) is 0 Å². The monoisotopic (exact) mass is 272 g/mol. The maximum absolute atomic E-state index is 10.9. The summed E-state index contributed by atoms with van der Waals surface area (Å²) in [6.07, 6.45) is 0.963. The third kappa shape index (κ3) is 1.98. The van der Waals surface area contributed by atoms with E-state index in [0.29, 0.717) is 5.56 Å².